The fourth-order valence-electron chi connectivity index (χ4n) is 0.968. The molecule has 0 spiro atoms. The van der Waals surface area contributed by atoms with Crippen molar-refractivity contribution in [1.29, 1.82) is 0 Å². The van der Waals surface area contributed by atoms with Gasteiger partial charge in [-0.05, 0) is 6.92 Å². The van der Waals surface area contributed by atoms with Crippen LogP contribution in [0.15, 0.2) is 11.2 Å². The minimum atomic E-state index is -4.58. The summed E-state index contributed by atoms with van der Waals surface area (Å²) in [6, 6.07) is 0. The summed E-state index contributed by atoms with van der Waals surface area (Å²) in [4.78, 5) is 6.98. The van der Waals surface area contributed by atoms with Crippen molar-refractivity contribution in [3.8, 4) is 5.88 Å². The van der Waals surface area contributed by atoms with Gasteiger partial charge in [0.1, 0.15) is 0 Å². The predicted molar refractivity (Wildman–Crippen MR) is 64.8 cm³/mol. The van der Waals surface area contributed by atoms with Crippen LogP contribution in [0.5, 0.6) is 5.88 Å². The summed E-state index contributed by atoms with van der Waals surface area (Å²) in [5.74, 6) is -0.835. The fraction of sp³-hybridized carbons (Fsp3) is 0.429. The third kappa shape index (κ3) is 4.15. The van der Waals surface area contributed by atoms with Crippen molar-refractivity contribution in [1.82, 2.24) is 9.97 Å². The molecule has 0 aliphatic carbocycles. The lowest BCUT2D eigenvalue weighted by Crippen LogP contribution is -2.16. The topological polar surface area (TPSA) is 124 Å². The zero-order valence-electron chi connectivity index (χ0n) is 9.07. The standard InChI is InChI=1S/C7H9BrN2O6S2/c1-5-7(18(13,14)15)10-6(4-9-5)16-17(11,12)3-2-8/h4H,2-3H2,1H3,(H,13,14,15). The van der Waals surface area contributed by atoms with E-state index in [2.05, 4.69) is 30.1 Å². The molecule has 0 fully saturated rings. The molecule has 0 aliphatic heterocycles. The van der Waals surface area contributed by atoms with Crippen molar-refractivity contribution in [3.63, 3.8) is 0 Å². The first-order chi connectivity index (χ1) is 8.15. The van der Waals surface area contributed by atoms with Gasteiger partial charge in [0.05, 0.1) is 17.6 Å². The highest BCUT2D eigenvalue weighted by Gasteiger charge is 2.20. The van der Waals surface area contributed by atoms with Crippen LogP contribution in [0.25, 0.3) is 0 Å². The second-order valence-electron chi connectivity index (χ2n) is 3.11. The molecule has 0 radical (unpaired) electrons. The van der Waals surface area contributed by atoms with E-state index in [1.165, 1.54) is 6.92 Å². The van der Waals surface area contributed by atoms with Gasteiger partial charge in [-0.3, -0.25) is 9.54 Å². The van der Waals surface area contributed by atoms with Crippen molar-refractivity contribution in [2.45, 2.75) is 11.9 Å². The van der Waals surface area contributed by atoms with Gasteiger partial charge in [0.2, 0.25) is 5.03 Å². The Morgan fingerprint density at radius 2 is 2.00 bits per heavy atom. The maximum atomic E-state index is 11.3. The maximum Gasteiger partial charge on any atom is 0.314 e. The van der Waals surface area contributed by atoms with Crippen molar-refractivity contribution in [3.05, 3.63) is 11.9 Å². The van der Waals surface area contributed by atoms with Crippen LogP contribution >= 0.6 is 15.9 Å². The van der Waals surface area contributed by atoms with Crippen LogP contribution in [0.2, 0.25) is 0 Å². The van der Waals surface area contributed by atoms with Gasteiger partial charge in [0.15, 0.2) is 0 Å². The third-order valence-electron chi connectivity index (χ3n) is 1.67. The van der Waals surface area contributed by atoms with E-state index in [0.29, 0.717) is 0 Å². The van der Waals surface area contributed by atoms with E-state index >= 15 is 0 Å². The molecule has 1 rings (SSSR count). The minimum Gasteiger partial charge on any atom is -0.360 e. The molecule has 1 aromatic heterocycles. The van der Waals surface area contributed by atoms with E-state index in [1.54, 1.807) is 0 Å². The van der Waals surface area contributed by atoms with Gasteiger partial charge in [-0.1, -0.05) is 15.9 Å². The third-order valence-corrected chi connectivity index (χ3v) is 4.60. The molecule has 0 aromatic carbocycles. The molecule has 0 saturated carbocycles. The molecular formula is C7H9BrN2O6S2. The maximum absolute atomic E-state index is 11.3. The van der Waals surface area contributed by atoms with Crippen molar-refractivity contribution in [2.75, 3.05) is 11.1 Å². The van der Waals surface area contributed by atoms with Gasteiger partial charge >= 0.3 is 20.2 Å². The molecule has 8 nitrogen and oxygen atoms in total. The quantitative estimate of drug-likeness (QED) is 0.446. The Bertz CT molecular complexity index is 642. The van der Waals surface area contributed by atoms with E-state index in [1.807, 2.05) is 0 Å². The normalized spacial score (nSPS) is 12.4. The highest BCUT2D eigenvalue weighted by molar-refractivity contribution is 9.09. The summed E-state index contributed by atoms with van der Waals surface area (Å²) in [7, 11) is -8.47. The zero-order valence-corrected chi connectivity index (χ0v) is 12.3. The van der Waals surface area contributed by atoms with Crippen LogP contribution in [0.4, 0.5) is 0 Å². The summed E-state index contributed by atoms with van der Waals surface area (Å²) in [5, 5.41) is -0.589. The average molecular weight is 361 g/mol. The average Bonchev–Trinajstić information content (AvgIpc) is 2.18. The first-order valence-corrected chi connectivity index (χ1v) is 8.59. The first-order valence-electron chi connectivity index (χ1n) is 4.45. The number of nitrogens with zero attached hydrogens (tertiary/aromatic N) is 2. The fourth-order valence-corrected chi connectivity index (χ4v) is 3.40. The van der Waals surface area contributed by atoms with E-state index in [0.717, 1.165) is 6.20 Å². The van der Waals surface area contributed by atoms with Gasteiger partial charge in [0, 0.05) is 5.33 Å². The SMILES string of the molecule is Cc1ncc(OS(=O)(=O)CCBr)nc1S(=O)(=O)O. The molecule has 1 heterocycles. The second-order valence-corrected chi connectivity index (χ2v) is 6.93. The van der Waals surface area contributed by atoms with Gasteiger partial charge in [0.25, 0.3) is 5.88 Å². The molecule has 0 unspecified atom stereocenters. The monoisotopic (exact) mass is 360 g/mol. The van der Waals surface area contributed by atoms with E-state index in [-0.39, 0.29) is 16.8 Å². The molecule has 102 valence electrons. The Kier molecular flexibility index (Phi) is 4.64. The Balaban J connectivity index is 3.15. The van der Waals surface area contributed by atoms with Crippen LogP contribution in [-0.2, 0) is 20.2 Å². The number of halogens is 1. The molecule has 18 heavy (non-hydrogen) atoms. The first kappa shape index (κ1) is 15.3. The minimum absolute atomic E-state index is 0.0669. The highest BCUT2D eigenvalue weighted by Crippen LogP contribution is 2.15. The van der Waals surface area contributed by atoms with Crippen molar-refractivity contribution < 1.29 is 25.6 Å². The van der Waals surface area contributed by atoms with Gasteiger partial charge in [-0.2, -0.15) is 21.8 Å². The van der Waals surface area contributed by atoms with Gasteiger partial charge < -0.3 is 4.18 Å². The van der Waals surface area contributed by atoms with Gasteiger partial charge in [-0.25, -0.2) is 0 Å². The highest BCUT2D eigenvalue weighted by atomic mass is 79.9. The molecule has 0 atom stereocenters. The summed E-state index contributed by atoms with van der Waals surface area (Å²) in [6.07, 6.45) is 0.954. The zero-order chi connectivity index (χ0) is 14.0. The molecule has 0 amide bonds. The van der Waals surface area contributed by atoms with E-state index in [9.17, 15) is 16.8 Å². The Hall–Kier alpha value is -0.780. The lowest BCUT2D eigenvalue weighted by Gasteiger charge is -2.06. The molecule has 11 heteroatoms. The Morgan fingerprint density at radius 1 is 1.39 bits per heavy atom. The Morgan fingerprint density at radius 3 is 2.50 bits per heavy atom. The summed E-state index contributed by atoms with van der Waals surface area (Å²) in [5.41, 5.74) is -0.0669. The number of hydrogen-bond acceptors (Lipinski definition) is 7. The van der Waals surface area contributed by atoms with E-state index in [4.69, 9.17) is 4.55 Å². The molecule has 1 aromatic rings. The molecule has 0 bridgehead atoms. The number of hydrogen-bond donors (Lipinski definition) is 1. The van der Waals surface area contributed by atoms with Crippen molar-refractivity contribution >= 4 is 36.2 Å². The van der Waals surface area contributed by atoms with Crippen LogP contribution in [-0.4, -0.2) is 42.4 Å². The van der Waals surface area contributed by atoms with Crippen molar-refractivity contribution in [2.24, 2.45) is 0 Å². The second kappa shape index (κ2) is 5.47. The largest absolute Gasteiger partial charge is 0.360 e. The summed E-state index contributed by atoms with van der Waals surface area (Å²) < 4.78 is 57.9. The number of alkyl halides is 1. The lowest BCUT2D eigenvalue weighted by atomic mass is 10.5. The number of aromatic nitrogens is 2. The number of rotatable bonds is 5. The van der Waals surface area contributed by atoms with Crippen LogP contribution in [0, 0.1) is 6.92 Å². The smallest absolute Gasteiger partial charge is 0.314 e. The van der Waals surface area contributed by atoms with Crippen LogP contribution in [0.3, 0.4) is 0 Å². The molecular weight excluding hydrogens is 352 g/mol. The lowest BCUT2D eigenvalue weighted by molar-refractivity contribution is 0.458. The van der Waals surface area contributed by atoms with Crippen LogP contribution < -0.4 is 4.18 Å². The molecule has 0 aliphatic rings. The van der Waals surface area contributed by atoms with Crippen LogP contribution in [0.1, 0.15) is 5.69 Å². The van der Waals surface area contributed by atoms with Gasteiger partial charge in [-0.15, -0.1) is 0 Å². The molecule has 1 N–H and O–H groups in total. The summed E-state index contributed by atoms with van der Waals surface area (Å²) in [6.45, 7) is 1.30. The predicted octanol–water partition coefficient (Wildman–Crippen LogP) is 0.135. The van der Waals surface area contributed by atoms with E-state index < -0.39 is 31.1 Å². The Labute approximate surface area is 112 Å². The number of aryl methyl sites for hydroxylation is 1. The summed E-state index contributed by atoms with van der Waals surface area (Å²) >= 11 is 2.93. The molecule has 0 saturated heterocycles.